The molecule has 0 aromatic rings. The number of rotatable bonds is 7. The van der Waals surface area contributed by atoms with Crippen LogP contribution in [0.25, 0.3) is 0 Å². The lowest BCUT2D eigenvalue weighted by Crippen LogP contribution is -2.38. The van der Waals surface area contributed by atoms with Crippen molar-refractivity contribution in [1.82, 2.24) is 0 Å². The number of carbonyl (C=O) groups is 1. The Balaban J connectivity index is 3.74. The van der Waals surface area contributed by atoms with Crippen molar-refractivity contribution in [2.45, 2.75) is 52.5 Å². The van der Waals surface area contributed by atoms with Gasteiger partial charge in [-0.15, -0.1) is 0 Å². The minimum Gasteiger partial charge on any atom is -0.465 e. The molecule has 0 aromatic carbocycles. The molecule has 0 aliphatic rings. The maximum Gasteiger partial charge on any atom is 0.323 e. The third-order valence-electron chi connectivity index (χ3n) is 2.43. The molecule has 84 valence electrons. The van der Waals surface area contributed by atoms with Gasteiger partial charge in [0.2, 0.25) is 0 Å². The molecule has 0 heterocycles. The molecule has 2 atom stereocenters. The van der Waals surface area contributed by atoms with Gasteiger partial charge in [0.05, 0.1) is 6.61 Å². The van der Waals surface area contributed by atoms with E-state index in [4.69, 9.17) is 10.5 Å². The summed E-state index contributed by atoms with van der Waals surface area (Å²) >= 11 is 0. The molecule has 0 aromatic heterocycles. The predicted molar refractivity (Wildman–Crippen MR) is 57.9 cm³/mol. The molecule has 0 spiro atoms. The van der Waals surface area contributed by atoms with Gasteiger partial charge in [0.25, 0.3) is 0 Å². The average molecular weight is 201 g/mol. The highest BCUT2D eigenvalue weighted by atomic mass is 16.5. The average Bonchev–Trinajstić information content (AvgIpc) is 2.17. The zero-order valence-corrected chi connectivity index (χ0v) is 9.58. The van der Waals surface area contributed by atoms with Gasteiger partial charge in [0.15, 0.2) is 0 Å². The molecule has 0 aliphatic heterocycles. The molecular formula is C11H23NO2. The van der Waals surface area contributed by atoms with Gasteiger partial charge in [-0.1, -0.05) is 33.1 Å². The van der Waals surface area contributed by atoms with Crippen LogP contribution in [0.1, 0.15) is 46.5 Å². The Morgan fingerprint density at radius 2 is 2.00 bits per heavy atom. The molecule has 2 unspecified atom stereocenters. The van der Waals surface area contributed by atoms with Gasteiger partial charge in [0, 0.05) is 0 Å². The van der Waals surface area contributed by atoms with E-state index in [1.807, 2.05) is 6.92 Å². The summed E-state index contributed by atoms with van der Waals surface area (Å²) in [5.74, 6) is -0.0444. The summed E-state index contributed by atoms with van der Waals surface area (Å²) in [6, 6.07) is -0.452. The van der Waals surface area contributed by atoms with E-state index in [0.29, 0.717) is 6.61 Å². The molecule has 0 saturated heterocycles. The Labute approximate surface area is 87.0 Å². The van der Waals surface area contributed by atoms with Crippen molar-refractivity contribution in [3.05, 3.63) is 0 Å². The maximum atomic E-state index is 11.3. The van der Waals surface area contributed by atoms with Gasteiger partial charge in [0.1, 0.15) is 6.04 Å². The van der Waals surface area contributed by atoms with Crippen LogP contribution in [-0.2, 0) is 9.53 Å². The number of ether oxygens (including phenoxy) is 1. The molecule has 0 aliphatic carbocycles. The SMILES string of the molecule is CCCCCC(C)C(N)C(=O)OCC. The minimum absolute atomic E-state index is 0.223. The largest absolute Gasteiger partial charge is 0.465 e. The van der Waals surface area contributed by atoms with Gasteiger partial charge in [-0.2, -0.15) is 0 Å². The summed E-state index contributed by atoms with van der Waals surface area (Å²) in [5, 5.41) is 0. The number of nitrogens with two attached hydrogens (primary N) is 1. The Kier molecular flexibility index (Phi) is 7.48. The smallest absolute Gasteiger partial charge is 0.323 e. The Morgan fingerprint density at radius 1 is 1.36 bits per heavy atom. The van der Waals surface area contributed by atoms with Crippen LogP contribution in [0, 0.1) is 5.92 Å². The van der Waals surface area contributed by atoms with Crippen LogP contribution in [0.5, 0.6) is 0 Å². The van der Waals surface area contributed by atoms with Crippen molar-refractivity contribution in [1.29, 1.82) is 0 Å². The number of unbranched alkanes of at least 4 members (excludes halogenated alkanes) is 2. The molecule has 0 bridgehead atoms. The maximum absolute atomic E-state index is 11.3. The van der Waals surface area contributed by atoms with Crippen molar-refractivity contribution >= 4 is 5.97 Å². The van der Waals surface area contributed by atoms with Crippen molar-refractivity contribution in [2.75, 3.05) is 6.61 Å². The highest BCUT2D eigenvalue weighted by Crippen LogP contribution is 2.12. The fraction of sp³-hybridized carbons (Fsp3) is 0.909. The van der Waals surface area contributed by atoms with Gasteiger partial charge in [-0.3, -0.25) is 4.79 Å². The van der Waals surface area contributed by atoms with E-state index in [2.05, 4.69) is 6.92 Å². The van der Waals surface area contributed by atoms with Crippen LogP contribution in [0.2, 0.25) is 0 Å². The van der Waals surface area contributed by atoms with E-state index in [-0.39, 0.29) is 11.9 Å². The first kappa shape index (κ1) is 13.4. The first-order valence-corrected chi connectivity index (χ1v) is 5.55. The quantitative estimate of drug-likeness (QED) is 0.507. The first-order valence-electron chi connectivity index (χ1n) is 5.55. The van der Waals surface area contributed by atoms with Crippen LogP contribution in [0.15, 0.2) is 0 Å². The Hall–Kier alpha value is -0.570. The van der Waals surface area contributed by atoms with Gasteiger partial charge in [-0.05, 0) is 19.3 Å². The summed E-state index contributed by atoms with van der Waals surface area (Å²) in [4.78, 5) is 11.3. The standard InChI is InChI=1S/C11H23NO2/c1-4-6-7-8-9(3)10(12)11(13)14-5-2/h9-10H,4-8,12H2,1-3H3. The van der Waals surface area contributed by atoms with Crippen LogP contribution in [0.4, 0.5) is 0 Å². The van der Waals surface area contributed by atoms with E-state index in [1.165, 1.54) is 12.8 Å². The van der Waals surface area contributed by atoms with E-state index >= 15 is 0 Å². The molecule has 14 heavy (non-hydrogen) atoms. The van der Waals surface area contributed by atoms with E-state index in [1.54, 1.807) is 6.92 Å². The van der Waals surface area contributed by atoms with Crippen LogP contribution >= 0.6 is 0 Å². The number of carbonyl (C=O) groups excluding carboxylic acids is 1. The summed E-state index contributed by atoms with van der Waals surface area (Å²) in [5.41, 5.74) is 5.75. The second kappa shape index (κ2) is 7.80. The lowest BCUT2D eigenvalue weighted by Gasteiger charge is -2.17. The van der Waals surface area contributed by atoms with Crippen LogP contribution in [0.3, 0.4) is 0 Å². The third kappa shape index (κ3) is 5.22. The Morgan fingerprint density at radius 3 is 2.50 bits per heavy atom. The summed E-state index contributed by atoms with van der Waals surface area (Å²) in [6.07, 6.45) is 4.56. The molecule has 0 amide bonds. The van der Waals surface area contributed by atoms with Gasteiger partial charge >= 0.3 is 5.97 Å². The van der Waals surface area contributed by atoms with E-state index in [9.17, 15) is 4.79 Å². The van der Waals surface area contributed by atoms with Crippen LogP contribution in [-0.4, -0.2) is 18.6 Å². The fourth-order valence-electron chi connectivity index (χ4n) is 1.37. The number of esters is 1. The summed E-state index contributed by atoms with van der Waals surface area (Å²) < 4.78 is 4.87. The zero-order chi connectivity index (χ0) is 11.0. The molecular weight excluding hydrogens is 178 g/mol. The Bertz CT molecular complexity index is 159. The van der Waals surface area contributed by atoms with Crippen molar-refractivity contribution in [3.63, 3.8) is 0 Å². The number of hydrogen-bond acceptors (Lipinski definition) is 3. The zero-order valence-electron chi connectivity index (χ0n) is 9.58. The fourth-order valence-corrected chi connectivity index (χ4v) is 1.37. The molecule has 0 fully saturated rings. The summed E-state index contributed by atoms with van der Waals surface area (Å²) in [7, 11) is 0. The molecule has 0 radical (unpaired) electrons. The second-order valence-electron chi connectivity index (χ2n) is 3.75. The monoisotopic (exact) mass is 201 g/mol. The van der Waals surface area contributed by atoms with Gasteiger partial charge in [-0.25, -0.2) is 0 Å². The molecule has 2 N–H and O–H groups in total. The van der Waals surface area contributed by atoms with Crippen molar-refractivity contribution in [2.24, 2.45) is 11.7 Å². The van der Waals surface area contributed by atoms with Gasteiger partial charge < -0.3 is 10.5 Å². The molecule has 3 nitrogen and oxygen atoms in total. The lowest BCUT2D eigenvalue weighted by atomic mass is 9.96. The normalized spacial score (nSPS) is 14.9. The molecule has 0 saturated carbocycles. The predicted octanol–water partition coefficient (Wildman–Crippen LogP) is 2.09. The topological polar surface area (TPSA) is 52.3 Å². The highest BCUT2D eigenvalue weighted by Gasteiger charge is 2.21. The molecule has 3 heteroatoms. The highest BCUT2D eigenvalue weighted by molar-refractivity contribution is 5.75. The summed E-state index contributed by atoms with van der Waals surface area (Å²) in [6.45, 7) is 6.38. The minimum atomic E-state index is -0.452. The first-order chi connectivity index (χ1) is 6.63. The lowest BCUT2D eigenvalue weighted by molar-refractivity contribution is -0.145. The van der Waals surface area contributed by atoms with Crippen molar-refractivity contribution < 1.29 is 9.53 Å². The van der Waals surface area contributed by atoms with E-state index in [0.717, 1.165) is 12.8 Å². The molecule has 0 rings (SSSR count). The third-order valence-corrected chi connectivity index (χ3v) is 2.43. The second-order valence-corrected chi connectivity index (χ2v) is 3.75. The van der Waals surface area contributed by atoms with E-state index < -0.39 is 6.04 Å². The van der Waals surface area contributed by atoms with Crippen LogP contribution < -0.4 is 5.73 Å². The van der Waals surface area contributed by atoms with Crippen molar-refractivity contribution in [3.8, 4) is 0 Å². The number of hydrogen-bond donors (Lipinski definition) is 1.